The van der Waals surface area contributed by atoms with E-state index in [9.17, 15) is 4.79 Å². The molecule has 1 unspecified atom stereocenters. The van der Waals surface area contributed by atoms with E-state index in [-0.39, 0.29) is 11.3 Å². The number of nitrogens with zero attached hydrogens (tertiary/aromatic N) is 4. The summed E-state index contributed by atoms with van der Waals surface area (Å²) in [5.74, 6) is 1.71. The zero-order chi connectivity index (χ0) is 17.7. The zero-order valence-electron chi connectivity index (χ0n) is 15.4. The van der Waals surface area contributed by atoms with Crippen molar-refractivity contribution in [3.05, 3.63) is 16.3 Å². The molecule has 1 fully saturated rings. The van der Waals surface area contributed by atoms with Crippen molar-refractivity contribution in [1.82, 2.24) is 25.0 Å². The number of ether oxygens (including phenoxy) is 1. The van der Waals surface area contributed by atoms with Crippen LogP contribution < -0.4 is 16.3 Å². The summed E-state index contributed by atoms with van der Waals surface area (Å²) in [6.07, 6.45) is 6.13. The number of hydrogen-bond donors (Lipinski definition) is 2. The Morgan fingerprint density at radius 1 is 1.36 bits per heavy atom. The highest BCUT2D eigenvalue weighted by Gasteiger charge is 2.29. The van der Waals surface area contributed by atoms with E-state index < -0.39 is 0 Å². The maximum Gasteiger partial charge on any atom is 0.345 e. The Kier molecular flexibility index (Phi) is 5.78. The normalized spacial score (nSPS) is 23.5. The first-order chi connectivity index (χ1) is 12.1. The number of nitrogens with one attached hydrogen (secondary N) is 2. The molecule has 3 rings (SSSR count). The van der Waals surface area contributed by atoms with Crippen LogP contribution in [0.3, 0.4) is 0 Å². The average Bonchev–Trinajstić information content (AvgIpc) is 3.19. The van der Waals surface area contributed by atoms with Gasteiger partial charge < -0.3 is 15.4 Å². The van der Waals surface area contributed by atoms with Crippen molar-refractivity contribution in [3.63, 3.8) is 0 Å². The van der Waals surface area contributed by atoms with Gasteiger partial charge in [0, 0.05) is 46.3 Å². The number of guanidine groups is 1. The Balaban J connectivity index is 1.41. The lowest BCUT2D eigenvalue weighted by Crippen LogP contribution is -2.45. The van der Waals surface area contributed by atoms with Crippen molar-refractivity contribution in [1.29, 1.82) is 0 Å². The molecule has 0 bridgehead atoms. The Morgan fingerprint density at radius 3 is 2.96 bits per heavy atom. The molecule has 25 heavy (non-hydrogen) atoms. The van der Waals surface area contributed by atoms with Gasteiger partial charge in [0.25, 0.3) is 0 Å². The third-order valence-electron chi connectivity index (χ3n) is 5.02. The van der Waals surface area contributed by atoms with E-state index in [1.165, 1.54) is 0 Å². The van der Waals surface area contributed by atoms with Crippen LogP contribution >= 0.6 is 0 Å². The lowest BCUT2D eigenvalue weighted by molar-refractivity contribution is 0.0243. The zero-order valence-corrected chi connectivity index (χ0v) is 15.4. The fraction of sp³-hybridized carbons (Fsp3) is 0.824. The minimum absolute atomic E-state index is 0.0310. The van der Waals surface area contributed by atoms with Crippen LogP contribution in [0.5, 0.6) is 0 Å². The van der Waals surface area contributed by atoms with Crippen LogP contribution in [0.15, 0.2) is 9.79 Å². The van der Waals surface area contributed by atoms with E-state index in [2.05, 4.69) is 27.6 Å². The van der Waals surface area contributed by atoms with Gasteiger partial charge in [-0.05, 0) is 39.0 Å². The van der Waals surface area contributed by atoms with Gasteiger partial charge in [-0.2, -0.15) is 5.10 Å². The Labute approximate surface area is 148 Å². The third kappa shape index (κ3) is 4.42. The van der Waals surface area contributed by atoms with Gasteiger partial charge in [-0.25, -0.2) is 9.48 Å². The Bertz CT molecular complexity index is 657. The van der Waals surface area contributed by atoms with Crippen LogP contribution in [0, 0.1) is 0 Å². The number of aromatic nitrogens is 3. The second-order valence-corrected chi connectivity index (χ2v) is 7.14. The molecule has 0 aliphatic carbocycles. The Hall–Kier alpha value is -1.83. The molecule has 1 aromatic rings. The molecule has 8 nitrogen and oxygen atoms in total. The van der Waals surface area contributed by atoms with Crippen LogP contribution in [0.2, 0.25) is 0 Å². The van der Waals surface area contributed by atoms with E-state index in [0.717, 1.165) is 76.6 Å². The SMILES string of the molecule is CN=C(NCCCn1nc2n(c1=O)CCCC2)NCC1(C)CCCO1. The van der Waals surface area contributed by atoms with Crippen LogP contribution in [0.25, 0.3) is 0 Å². The summed E-state index contributed by atoms with van der Waals surface area (Å²) in [5, 5.41) is 11.1. The molecule has 2 aliphatic heterocycles. The number of rotatable bonds is 6. The van der Waals surface area contributed by atoms with Gasteiger partial charge in [0.05, 0.1) is 5.60 Å². The predicted octanol–water partition coefficient (Wildman–Crippen LogP) is 0.505. The second kappa shape index (κ2) is 8.03. The molecular formula is C17H30N6O2. The molecule has 1 aromatic heterocycles. The molecular weight excluding hydrogens is 320 g/mol. The van der Waals surface area contributed by atoms with Crippen molar-refractivity contribution in [2.75, 3.05) is 26.7 Å². The molecule has 1 saturated heterocycles. The molecule has 1 atom stereocenters. The molecule has 8 heteroatoms. The number of aliphatic imine (C=N–C) groups is 1. The van der Waals surface area contributed by atoms with E-state index in [1.807, 2.05) is 4.57 Å². The highest BCUT2D eigenvalue weighted by molar-refractivity contribution is 5.79. The summed E-state index contributed by atoms with van der Waals surface area (Å²) in [4.78, 5) is 16.5. The molecule has 140 valence electrons. The van der Waals surface area contributed by atoms with Crippen molar-refractivity contribution in [3.8, 4) is 0 Å². The third-order valence-corrected chi connectivity index (χ3v) is 5.02. The summed E-state index contributed by atoms with van der Waals surface area (Å²) < 4.78 is 9.20. The van der Waals surface area contributed by atoms with Crippen LogP contribution in [-0.2, 0) is 24.2 Å². The molecule has 0 spiro atoms. The maximum absolute atomic E-state index is 12.3. The maximum atomic E-state index is 12.3. The molecule has 0 saturated carbocycles. The number of fused-ring (bicyclic) bond motifs is 1. The first-order valence-electron chi connectivity index (χ1n) is 9.36. The smallest absolute Gasteiger partial charge is 0.345 e. The van der Waals surface area contributed by atoms with Crippen molar-refractivity contribution >= 4 is 5.96 Å². The van der Waals surface area contributed by atoms with Gasteiger partial charge >= 0.3 is 5.69 Å². The summed E-state index contributed by atoms with van der Waals surface area (Å²) in [5.41, 5.74) is -0.0658. The second-order valence-electron chi connectivity index (χ2n) is 7.14. The molecule has 0 aromatic carbocycles. The molecule has 3 heterocycles. The Morgan fingerprint density at radius 2 is 2.24 bits per heavy atom. The topological polar surface area (TPSA) is 85.5 Å². The van der Waals surface area contributed by atoms with Crippen molar-refractivity contribution in [2.45, 2.75) is 64.1 Å². The largest absolute Gasteiger partial charge is 0.373 e. The van der Waals surface area contributed by atoms with E-state index in [4.69, 9.17) is 4.74 Å². The van der Waals surface area contributed by atoms with Gasteiger partial charge in [0.15, 0.2) is 5.96 Å². The molecule has 2 aliphatic rings. The lowest BCUT2D eigenvalue weighted by Gasteiger charge is -2.24. The fourth-order valence-corrected chi connectivity index (χ4v) is 3.50. The molecule has 0 radical (unpaired) electrons. The van der Waals surface area contributed by atoms with Gasteiger partial charge in [0.2, 0.25) is 0 Å². The summed E-state index contributed by atoms with van der Waals surface area (Å²) in [7, 11) is 1.76. The van der Waals surface area contributed by atoms with E-state index in [0.29, 0.717) is 6.54 Å². The fourth-order valence-electron chi connectivity index (χ4n) is 3.50. The number of aryl methyl sites for hydroxylation is 2. The van der Waals surface area contributed by atoms with Gasteiger partial charge in [-0.15, -0.1) is 0 Å². The summed E-state index contributed by atoms with van der Waals surface area (Å²) in [6, 6.07) is 0. The van der Waals surface area contributed by atoms with Crippen LogP contribution in [-0.4, -0.2) is 52.7 Å². The van der Waals surface area contributed by atoms with Gasteiger partial charge in [-0.1, -0.05) is 0 Å². The minimum atomic E-state index is -0.0968. The van der Waals surface area contributed by atoms with Crippen LogP contribution in [0.1, 0.15) is 44.9 Å². The standard InChI is InChI=1S/C17H30N6O2/c1-17(8-5-12-25-17)13-20-15(18-2)19-9-6-11-23-16(24)22-10-4-3-7-14(22)21-23/h3-13H2,1-2H3,(H2,18,19,20). The highest BCUT2D eigenvalue weighted by atomic mass is 16.5. The van der Waals surface area contributed by atoms with Gasteiger partial charge in [-0.3, -0.25) is 9.56 Å². The van der Waals surface area contributed by atoms with Crippen molar-refractivity contribution in [2.24, 2.45) is 4.99 Å². The lowest BCUT2D eigenvalue weighted by atomic mass is 10.0. The van der Waals surface area contributed by atoms with E-state index in [1.54, 1.807) is 11.7 Å². The number of hydrogen-bond acceptors (Lipinski definition) is 4. The average molecular weight is 350 g/mol. The van der Waals surface area contributed by atoms with E-state index >= 15 is 0 Å². The summed E-state index contributed by atoms with van der Waals surface area (Å²) >= 11 is 0. The van der Waals surface area contributed by atoms with Crippen molar-refractivity contribution < 1.29 is 4.74 Å². The monoisotopic (exact) mass is 350 g/mol. The van der Waals surface area contributed by atoms with Gasteiger partial charge in [0.1, 0.15) is 5.82 Å². The predicted molar refractivity (Wildman–Crippen MR) is 97.0 cm³/mol. The minimum Gasteiger partial charge on any atom is -0.373 e. The highest BCUT2D eigenvalue weighted by Crippen LogP contribution is 2.23. The molecule has 0 amide bonds. The van der Waals surface area contributed by atoms with Crippen LogP contribution in [0.4, 0.5) is 0 Å². The summed E-state index contributed by atoms with van der Waals surface area (Å²) in [6.45, 7) is 5.90. The molecule has 2 N–H and O–H groups in total. The first kappa shape index (κ1) is 18.0. The first-order valence-corrected chi connectivity index (χ1v) is 9.36. The quantitative estimate of drug-likeness (QED) is 0.443.